The number of hydrogen-bond acceptors (Lipinski definition) is 6. The lowest BCUT2D eigenvalue weighted by Gasteiger charge is -2.18. The molecule has 30 heavy (non-hydrogen) atoms. The van der Waals surface area contributed by atoms with Gasteiger partial charge in [-0.05, 0) is 61.9 Å². The first-order valence-electron chi connectivity index (χ1n) is 9.95. The van der Waals surface area contributed by atoms with Gasteiger partial charge in [0.05, 0.1) is 5.75 Å². The highest BCUT2D eigenvalue weighted by Crippen LogP contribution is 2.38. The van der Waals surface area contributed by atoms with Gasteiger partial charge in [0.25, 0.3) is 0 Å². The fourth-order valence-corrected chi connectivity index (χ4v) is 5.61. The second-order valence-corrected chi connectivity index (χ2v) is 9.64. The minimum Gasteiger partial charge on any atom is -0.325 e. The molecule has 0 fully saturated rings. The number of thioether (sulfide) groups is 1. The molecular weight excluding hydrogens is 416 g/mol. The molecule has 1 atom stereocenters. The van der Waals surface area contributed by atoms with E-state index in [4.69, 9.17) is 0 Å². The van der Waals surface area contributed by atoms with E-state index in [9.17, 15) is 9.59 Å². The van der Waals surface area contributed by atoms with Crippen molar-refractivity contribution < 1.29 is 9.59 Å². The smallest absolute Gasteiger partial charge is 0.234 e. The molecular formula is C22H24N4O2S2. The molecule has 8 heteroatoms. The number of nitrogens with zero attached hydrogens (tertiary/aromatic N) is 3. The Balaban J connectivity index is 1.40. The second kappa shape index (κ2) is 8.73. The number of rotatable bonds is 6. The van der Waals surface area contributed by atoms with Crippen LogP contribution in [0.15, 0.2) is 34.8 Å². The topological polar surface area (TPSA) is 76.9 Å². The van der Waals surface area contributed by atoms with Crippen molar-refractivity contribution in [3.63, 3.8) is 0 Å². The maximum Gasteiger partial charge on any atom is 0.234 e. The lowest BCUT2D eigenvalue weighted by molar-refractivity contribution is -0.113. The summed E-state index contributed by atoms with van der Waals surface area (Å²) in [6.45, 7) is 3.83. The van der Waals surface area contributed by atoms with E-state index in [0.29, 0.717) is 11.3 Å². The zero-order valence-electron chi connectivity index (χ0n) is 17.3. The third-order valence-electron chi connectivity index (χ3n) is 5.39. The van der Waals surface area contributed by atoms with Crippen LogP contribution in [-0.4, -0.2) is 32.2 Å². The molecule has 1 aliphatic carbocycles. The lowest BCUT2D eigenvalue weighted by atomic mass is 9.88. The van der Waals surface area contributed by atoms with E-state index in [2.05, 4.69) is 27.8 Å². The quantitative estimate of drug-likeness (QED) is 0.448. The van der Waals surface area contributed by atoms with E-state index < -0.39 is 0 Å². The number of ketones is 1. The van der Waals surface area contributed by atoms with E-state index >= 15 is 0 Å². The van der Waals surface area contributed by atoms with Gasteiger partial charge in [-0.25, -0.2) is 0 Å². The Labute approximate surface area is 184 Å². The SMILES string of the molecule is CC(=O)c1ccc(NC(=O)CSc2nnc(-c3csc4c3CCC(C)C4)n2C)cc1. The average molecular weight is 441 g/mol. The lowest BCUT2D eigenvalue weighted by Crippen LogP contribution is -2.14. The summed E-state index contributed by atoms with van der Waals surface area (Å²) in [4.78, 5) is 25.1. The highest BCUT2D eigenvalue weighted by Gasteiger charge is 2.23. The normalized spacial score (nSPS) is 15.6. The Morgan fingerprint density at radius 1 is 1.27 bits per heavy atom. The standard InChI is InChI=1S/C22H24N4O2S2/c1-13-4-9-17-18(11-29-19(17)10-13)21-24-25-22(26(21)3)30-12-20(28)23-16-7-5-15(6-8-16)14(2)27/h5-8,11,13H,4,9-10,12H2,1-3H3,(H,23,28). The maximum absolute atomic E-state index is 12.3. The summed E-state index contributed by atoms with van der Waals surface area (Å²) in [6, 6.07) is 6.89. The van der Waals surface area contributed by atoms with Crippen molar-refractivity contribution in [3.05, 3.63) is 45.6 Å². The Hall–Kier alpha value is -2.45. The molecule has 1 N–H and O–H groups in total. The molecule has 6 nitrogen and oxygen atoms in total. The monoisotopic (exact) mass is 440 g/mol. The number of nitrogens with one attached hydrogen (secondary N) is 1. The molecule has 0 saturated heterocycles. The van der Waals surface area contributed by atoms with Gasteiger partial charge in [0.15, 0.2) is 16.8 Å². The minimum absolute atomic E-state index is 0.00270. The van der Waals surface area contributed by atoms with Gasteiger partial charge in [0.2, 0.25) is 5.91 Å². The number of carbonyl (C=O) groups is 2. The van der Waals surface area contributed by atoms with Crippen molar-refractivity contribution in [3.8, 4) is 11.4 Å². The number of amides is 1. The predicted octanol–water partition coefficient (Wildman–Crippen LogP) is 4.60. The summed E-state index contributed by atoms with van der Waals surface area (Å²) in [5.74, 6) is 1.72. The summed E-state index contributed by atoms with van der Waals surface area (Å²) in [5.41, 5.74) is 3.89. The fourth-order valence-electron chi connectivity index (χ4n) is 3.66. The van der Waals surface area contributed by atoms with Gasteiger partial charge >= 0.3 is 0 Å². The first-order chi connectivity index (χ1) is 14.4. The van der Waals surface area contributed by atoms with Gasteiger partial charge in [0, 0.05) is 34.1 Å². The minimum atomic E-state index is -0.123. The van der Waals surface area contributed by atoms with E-state index in [1.165, 1.54) is 41.1 Å². The first-order valence-corrected chi connectivity index (χ1v) is 11.8. The van der Waals surface area contributed by atoms with Gasteiger partial charge in [0.1, 0.15) is 0 Å². The van der Waals surface area contributed by atoms with Crippen LogP contribution in [0.1, 0.15) is 41.1 Å². The van der Waals surface area contributed by atoms with Crippen LogP contribution in [0.5, 0.6) is 0 Å². The Bertz CT molecular complexity index is 1090. The van der Waals surface area contributed by atoms with Crippen LogP contribution in [0.3, 0.4) is 0 Å². The molecule has 0 radical (unpaired) electrons. The van der Waals surface area contributed by atoms with Crippen LogP contribution in [0, 0.1) is 5.92 Å². The molecule has 0 saturated carbocycles. The average Bonchev–Trinajstić information content (AvgIpc) is 3.29. The number of fused-ring (bicyclic) bond motifs is 1. The van der Waals surface area contributed by atoms with Crippen molar-refractivity contribution in [2.45, 2.75) is 38.3 Å². The zero-order valence-corrected chi connectivity index (χ0v) is 18.9. The molecule has 0 spiro atoms. The van der Waals surface area contributed by atoms with E-state index in [1.54, 1.807) is 24.3 Å². The van der Waals surface area contributed by atoms with Crippen LogP contribution >= 0.6 is 23.1 Å². The number of hydrogen-bond donors (Lipinski definition) is 1. The summed E-state index contributed by atoms with van der Waals surface area (Å²) in [7, 11) is 1.95. The number of thiophene rings is 1. The summed E-state index contributed by atoms with van der Waals surface area (Å²) < 4.78 is 1.97. The number of benzene rings is 1. The van der Waals surface area contributed by atoms with Gasteiger partial charge in [-0.3, -0.25) is 9.59 Å². The number of anilines is 1. The second-order valence-electron chi connectivity index (χ2n) is 7.73. The van der Waals surface area contributed by atoms with E-state index in [1.807, 2.05) is 23.0 Å². The third-order valence-corrected chi connectivity index (χ3v) is 7.46. The molecule has 1 amide bonds. The third kappa shape index (κ3) is 4.34. The predicted molar refractivity (Wildman–Crippen MR) is 121 cm³/mol. The summed E-state index contributed by atoms with van der Waals surface area (Å²) in [5, 5.41) is 14.5. The van der Waals surface area contributed by atoms with Gasteiger partial charge in [-0.2, -0.15) is 0 Å². The Morgan fingerprint density at radius 2 is 2.03 bits per heavy atom. The highest BCUT2D eigenvalue weighted by atomic mass is 32.2. The molecule has 1 aliphatic rings. The van der Waals surface area contributed by atoms with Crippen LogP contribution < -0.4 is 5.32 Å². The molecule has 0 aliphatic heterocycles. The molecule has 3 aromatic rings. The molecule has 1 aromatic carbocycles. The van der Waals surface area contributed by atoms with Gasteiger partial charge < -0.3 is 9.88 Å². The van der Waals surface area contributed by atoms with Crippen LogP contribution in [-0.2, 0) is 24.7 Å². The Kier molecular flexibility index (Phi) is 6.06. The molecule has 2 aromatic heterocycles. The molecule has 4 rings (SSSR count). The first kappa shape index (κ1) is 20.8. The number of aromatic nitrogens is 3. The zero-order chi connectivity index (χ0) is 21.3. The van der Waals surface area contributed by atoms with E-state index in [0.717, 1.165) is 29.7 Å². The molecule has 156 valence electrons. The molecule has 1 unspecified atom stereocenters. The van der Waals surface area contributed by atoms with Crippen LogP contribution in [0.25, 0.3) is 11.4 Å². The highest BCUT2D eigenvalue weighted by molar-refractivity contribution is 7.99. The Morgan fingerprint density at radius 3 is 2.77 bits per heavy atom. The van der Waals surface area contributed by atoms with Gasteiger partial charge in [-0.1, -0.05) is 18.7 Å². The molecule has 2 heterocycles. The number of carbonyl (C=O) groups excluding carboxylic acids is 2. The van der Waals surface area contributed by atoms with E-state index in [-0.39, 0.29) is 17.4 Å². The van der Waals surface area contributed by atoms with Crippen molar-refractivity contribution in [2.75, 3.05) is 11.1 Å². The summed E-state index contributed by atoms with van der Waals surface area (Å²) in [6.07, 6.45) is 3.45. The summed E-state index contributed by atoms with van der Waals surface area (Å²) >= 11 is 3.18. The largest absolute Gasteiger partial charge is 0.325 e. The maximum atomic E-state index is 12.3. The van der Waals surface area contributed by atoms with Crippen molar-refractivity contribution in [1.29, 1.82) is 0 Å². The van der Waals surface area contributed by atoms with Crippen LogP contribution in [0.4, 0.5) is 5.69 Å². The van der Waals surface area contributed by atoms with Crippen molar-refractivity contribution in [2.24, 2.45) is 13.0 Å². The van der Waals surface area contributed by atoms with Crippen molar-refractivity contribution in [1.82, 2.24) is 14.8 Å². The number of Topliss-reactive ketones (excluding diaryl/α,β-unsaturated/α-hetero) is 1. The van der Waals surface area contributed by atoms with Crippen molar-refractivity contribution >= 4 is 40.5 Å². The van der Waals surface area contributed by atoms with Gasteiger partial charge in [-0.15, -0.1) is 21.5 Å². The molecule has 0 bridgehead atoms. The van der Waals surface area contributed by atoms with Crippen LogP contribution in [0.2, 0.25) is 0 Å². The fraction of sp³-hybridized carbons (Fsp3) is 0.364.